The fourth-order valence-corrected chi connectivity index (χ4v) is 6.13. The molecule has 0 heterocycles. The number of nitrogens with one attached hydrogen (secondary N) is 1. The van der Waals surface area contributed by atoms with Crippen molar-refractivity contribution in [2.75, 3.05) is 6.16 Å². The molecule has 0 aromatic heterocycles. The van der Waals surface area contributed by atoms with Crippen molar-refractivity contribution in [3.8, 4) is 11.1 Å². The number of aryl methyl sites for hydroxylation is 1. The molecule has 0 aliphatic heterocycles. The monoisotopic (exact) mass is 571 g/mol. The van der Waals surface area contributed by atoms with Crippen LogP contribution < -0.4 is 5.32 Å². The summed E-state index contributed by atoms with van der Waals surface area (Å²) in [6.45, 7) is 0.114. The summed E-state index contributed by atoms with van der Waals surface area (Å²) in [5.74, 6) is -1.70. The first-order valence-corrected chi connectivity index (χ1v) is 15.4. The molecule has 4 aromatic rings. The van der Waals surface area contributed by atoms with E-state index in [1.165, 1.54) is 0 Å². The smallest absolute Gasteiger partial charge is 0.408 e. The van der Waals surface area contributed by atoms with Crippen molar-refractivity contribution in [3.63, 3.8) is 0 Å². The van der Waals surface area contributed by atoms with Gasteiger partial charge in [0.05, 0.1) is 0 Å². The topological polar surface area (TPSA) is 102 Å². The van der Waals surface area contributed by atoms with Gasteiger partial charge in [0.2, 0.25) is 7.37 Å². The van der Waals surface area contributed by atoms with Gasteiger partial charge in [0, 0.05) is 12.6 Å². The summed E-state index contributed by atoms with van der Waals surface area (Å²) in [7, 11) is -3.98. The maximum atomic E-state index is 13.7. The van der Waals surface area contributed by atoms with E-state index in [1.54, 1.807) is 0 Å². The maximum absolute atomic E-state index is 13.7. The molecule has 0 aliphatic rings. The minimum Gasteiger partial charge on any atom is -0.461 e. The van der Waals surface area contributed by atoms with Gasteiger partial charge < -0.3 is 19.7 Å². The van der Waals surface area contributed by atoms with Crippen LogP contribution in [0.4, 0.5) is 4.79 Å². The minimum atomic E-state index is -3.98. The van der Waals surface area contributed by atoms with Gasteiger partial charge in [-0.1, -0.05) is 115 Å². The number of rotatable bonds is 13. The number of ether oxygens (including phenoxy) is 2. The Morgan fingerprint density at radius 3 is 1.90 bits per heavy atom. The molecule has 4 aromatic carbocycles. The lowest BCUT2D eigenvalue weighted by molar-refractivity contribution is -0.145. The Morgan fingerprint density at radius 1 is 0.732 bits per heavy atom. The fraction of sp³-hybridized carbons (Fsp3) is 0.212. The van der Waals surface area contributed by atoms with E-state index in [2.05, 4.69) is 5.32 Å². The van der Waals surface area contributed by atoms with Crippen molar-refractivity contribution in [1.82, 2.24) is 5.32 Å². The predicted octanol–water partition coefficient (Wildman–Crippen LogP) is 6.94. The number of esters is 1. The van der Waals surface area contributed by atoms with Crippen molar-refractivity contribution in [2.24, 2.45) is 0 Å². The first kappa shape index (κ1) is 29.8. The van der Waals surface area contributed by atoms with E-state index < -0.39 is 25.2 Å². The molecule has 2 atom stereocenters. The van der Waals surface area contributed by atoms with Crippen LogP contribution in [0, 0.1) is 0 Å². The van der Waals surface area contributed by atoms with Crippen molar-refractivity contribution >= 4 is 19.4 Å². The van der Waals surface area contributed by atoms with Gasteiger partial charge in [0.15, 0.2) is 0 Å². The van der Waals surface area contributed by atoms with E-state index in [1.807, 2.05) is 115 Å². The first-order valence-electron chi connectivity index (χ1n) is 13.5. The highest BCUT2D eigenvalue weighted by atomic mass is 31.2. The summed E-state index contributed by atoms with van der Waals surface area (Å²) < 4.78 is 24.3. The third-order valence-corrected chi connectivity index (χ3v) is 8.88. The Labute approximate surface area is 240 Å². The number of hydrogen-bond donors (Lipinski definition) is 2. The van der Waals surface area contributed by atoms with Crippen LogP contribution in [0.1, 0.15) is 29.5 Å². The standard InChI is InChI=1S/C33H34NO6P/c35-32(39-24-26-12-4-1-5-13-26)21-20-31(34-33(36)40-25-27-14-6-2-7-15-27)41(37,38)23-22-29-18-10-11-19-30(29)28-16-8-3-9-17-28/h1-19,31H,20-25H2,(H,34,36)(H,37,38). The van der Waals surface area contributed by atoms with Crippen molar-refractivity contribution in [1.29, 1.82) is 0 Å². The van der Waals surface area contributed by atoms with Gasteiger partial charge in [0.25, 0.3) is 0 Å². The molecule has 0 aliphatic carbocycles. The van der Waals surface area contributed by atoms with Gasteiger partial charge in [-0.2, -0.15) is 0 Å². The Hall–Kier alpha value is -4.19. The predicted molar refractivity (Wildman–Crippen MR) is 159 cm³/mol. The SMILES string of the molecule is O=C(CCC(NC(=O)OCc1ccccc1)P(=O)(O)CCc1ccccc1-c1ccccc1)OCc1ccccc1. The molecule has 7 nitrogen and oxygen atoms in total. The van der Waals surface area contributed by atoms with E-state index in [9.17, 15) is 19.0 Å². The minimum absolute atomic E-state index is 0.0126. The largest absolute Gasteiger partial charge is 0.461 e. The second-order valence-corrected chi connectivity index (χ2v) is 12.2. The zero-order valence-electron chi connectivity index (χ0n) is 22.7. The van der Waals surface area contributed by atoms with Crippen LogP contribution in [0.5, 0.6) is 0 Å². The van der Waals surface area contributed by atoms with E-state index in [-0.39, 0.29) is 32.2 Å². The lowest BCUT2D eigenvalue weighted by Gasteiger charge is -2.24. The highest BCUT2D eigenvalue weighted by Crippen LogP contribution is 2.48. The highest BCUT2D eigenvalue weighted by Gasteiger charge is 2.33. The number of amides is 1. The van der Waals surface area contributed by atoms with Gasteiger partial charge >= 0.3 is 12.1 Å². The Morgan fingerprint density at radius 2 is 1.27 bits per heavy atom. The third kappa shape index (κ3) is 9.45. The van der Waals surface area contributed by atoms with Gasteiger partial charge in [-0.3, -0.25) is 9.36 Å². The van der Waals surface area contributed by atoms with E-state index >= 15 is 0 Å². The number of carbonyl (C=O) groups is 2. The normalized spacial score (nSPS) is 13.0. The molecule has 41 heavy (non-hydrogen) atoms. The summed E-state index contributed by atoms with van der Waals surface area (Å²) in [5.41, 5.74) is 4.53. The van der Waals surface area contributed by atoms with Crippen LogP contribution in [-0.4, -0.2) is 28.9 Å². The summed E-state index contributed by atoms with van der Waals surface area (Å²) >= 11 is 0. The zero-order chi connectivity index (χ0) is 28.9. The second-order valence-electron chi connectivity index (χ2n) is 9.66. The Bertz CT molecular complexity index is 1450. The van der Waals surface area contributed by atoms with Crippen molar-refractivity contribution < 1.29 is 28.5 Å². The highest BCUT2D eigenvalue weighted by molar-refractivity contribution is 7.58. The average molecular weight is 572 g/mol. The Balaban J connectivity index is 1.42. The lowest BCUT2D eigenvalue weighted by atomic mass is 9.98. The van der Waals surface area contributed by atoms with Crippen molar-refractivity contribution in [2.45, 2.75) is 38.3 Å². The van der Waals surface area contributed by atoms with Crippen LogP contribution in [0.2, 0.25) is 0 Å². The Kier molecular flexibility index (Phi) is 10.9. The number of hydrogen-bond acceptors (Lipinski definition) is 5. The molecule has 0 saturated heterocycles. The molecule has 4 rings (SSSR count). The quantitative estimate of drug-likeness (QED) is 0.133. The molecule has 1 amide bonds. The molecular formula is C33H34NO6P. The third-order valence-electron chi connectivity index (χ3n) is 6.65. The van der Waals surface area contributed by atoms with Gasteiger partial charge in [-0.15, -0.1) is 0 Å². The molecule has 8 heteroatoms. The van der Waals surface area contributed by atoms with Crippen LogP contribution in [-0.2, 0) is 38.5 Å². The van der Waals surface area contributed by atoms with Crippen molar-refractivity contribution in [3.05, 3.63) is 132 Å². The summed E-state index contributed by atoms with van der Waals surface area (Å²) in [5, 5.41) is 2.56. The molecule has 2 N–H and O–H groups in total. The summed E-state index contributed by atoms with van der Waals surface area (Å²) in [6, 6.07) is 35.9. The summed E-state index contributed by atoms with van der Waals surface area (Å²) in [4.78, 5) is 36.3. The molecule has 0 saturated carbocycles. The van der Waals surface area contributed by atoms with Gasteiger partial charge in [0.1, 0.15) is 19.0 Å². The number of alkyl carbamates (subject to hydrolysis) is 1. The average Bonchev–Trinajstić information content (AvgIpc) is 3.01. The molecule has 0 spiro atoms. The van der Waals surface area contributed by atoms with Crippen LogP contribution in [0.25, 0.3) is 11.1 Å². The van der Waals surface area contributed by atoms with Crippen LogP contribution in [0.3, 0.4) is 0 Å². The molecule has 2 unspecified atom stereocenters. The molecular weight excluding hydrogens is 537 g/mol. The molecule has 0 bridgehead atoms. The number of carbonyl (C=O) groups excluding carboxylic acids is 2. The molecule has 212 valence electrons. The van der Waals surface area contributed by atoms with Gasteiger partial charge in [-0.25, -0.2) is 4.79 Å². The van der Waals surface area contributed by atoms with Gasteiger partial charge in [-0.05, 0) is 40.7 Å². The second kappa shape index (κ2) is 15.0. The van der Waals surface area contributed by atoms with E-state index in [4.69, 9.17) is 9.47 Å². The zero-order valence-corrected chi connectivity index (χ0v) is 23.6. The first-order chi connectivity index (χ1) is 19.9. The maximum Gasteiger partial charge on any atom is 0.408 e. The van der Waals surface area contributed by atoms with Crippen LogP contribution in [0.15, 0.2) is 115 Å². The summed E-state index contributed by atoms with van der Waals surface area (Å²) in [6.07, 6.45) is -0.798. The van der Waals surface area contributed by atoms with E-state index in [0.29, 0.717) is 6.42 Å². The fourth-order valence-electron chi connectivity index (χ4n) is 4.41. The number of benzene rings is 4. The van der Waals surface area contributed by atoms with Crippen LogP contribution >= 0.6 is 7.37 Å². The molecule has 0 radical (unpaired) electrons. The molecule has 0 fully saturated rings. The lowest BCUT2D eigenvalue weighted by Crippen LogP contribution is -2.36. The van der Waals surface area contributed by atoms with E-state index in [0.717, 1.165) is 27.8 Å².